The van der Waals surface area contributed by atoms with Crippen LogP contribution in [0.3, 0.4) is 0 Å². The number of thioether (sulfide) groups is 1. The molecule has 0 aliphatic carbocycles. The van der Waals surface area contributed by atoms with Crippen LogP contribution < -0.4 is 0 Å². The number of hydrogen-bond acceptors (Lipinski definition) is 5. The number of aliphatic imine (C=N–C) groups is 1. The fourth-order valence-electron chi connectivity index (χ4n) is 4.88. The number of fused-ring (bicyclic) bond motifs is 1. The number of nitrogens with zero attached hydrogens (tertiary/aromatic N) is 3. The van der Waals surface area contributed by atoms with E-state index < -0.39 is 0 Å². The molecule has 0 spiro atoms. The van der Waals surface area contributed by atoms with E-state index in [0.717, 1.165) is 33.3 Å². The maximum absolute atomic E-state index is 13.8. The van der Waals surface area contributed by atoms with E-state index in [1.54, 1.807) is 11.0 Å². The Hall–Kier alpha value is -4.88. The normalized spacial score (nSPS) is 15.2. The molecule has 0 atom stereocenters. The number of amides is 1. The molecule has 1 amide bonds. The molecule has 1 fully saturated rings. The zero-order valence-corrected chi connectivity index (χ0v) is 23.3. The number of rotatable bonds is 7. The van der Waals surface area contributed by atoms with Gasteiger partial charge < -0.3 is 9.30 Å². The first kappa shape index (κ1) is 26.3. The average Bonchev–Trinajstić information content (AvgIpc) is 3.50. The van der Waals surface area contributed by atoms with Gasteiger partial charge in [-0.25, -0.2) is 9.79 Å². The Bertz CT molecular complexity index is 1790. The Morgan fingerprint density at radius 3 is 2.34 bits per heavy atom. The van der Waals surface area contributed by atoms with Crippen molar-refractivity contribution in [2.75, 3.05) is 7.11 Å². The van der Waals surface area contributed by atoms with Crippen molar-refractivity contribution in [2.24, 2.45) is 4.99 Å². The van der Waals surface area contributed by atoms with Crippen molar-refractivity contribution < 1.29 is 14.3 Å². The predicted molar refractivity (Wildman–Crippen MR) is 165 cm³/mol. The predicted octanol–water partition coefficient (Wildman–Crippen LogP) is 7.28. The second-order valence-electron chi connectivity index (χ2n) is 9.64. The van der Waals surface area contributed by atoms with Gasteiger partial charge in [-0.05, 0) is 59.3 Å². The number of ether oxygens (including phenoxy) is 1. The topological polar surface area (TPSA) is 63.9 Å². The standard InChI is InChI=1S/C34H27N3O3S/c1-40-33(39)26-14-10-13-25(19-26)21-36-23-27(29-17-8-9-18-30(29)36)20-31-32(38)37(22-24-11-4-2-5-12-24)34(41-31)35-28-15-6-3-7-16-28/h2-20,23H,21-22H2,1H3/b31-20-,35-34?. The minimum absolute atomic E-state index is 0.0730. The highest BCUT2D eigenvalue weighted by Gasteiger charge is 2.33. The summed E-state index contributed by atoms with van der Waals surface area (Å²) in [5.74, 6) is -0.435. The van der Waals surface area contributed by atoms with Crippen LogP contribution in [-0.4, -0.2) is 33.6 Å². The maximum atomic E-state index is 13.8. The molecule has 0 N–H and O–H groups in total. The summed E-state index contributed by atoms with van der Waals surface area (Å²) in [6.07, 6.45) is 4.02. The number of carbonyl (C=O) groups excluding carboxylic acids is 2. The Morgan fingerprint density at radius 1 is 0.854 bits per heavy atom. The van der Waals surface area contributed by atoms with Crippen molar-refractivity contribution in [3.05, 3.63) is 143 Å². The van der Waals surface area contributed by atoms with Crippen LogP contribution in [0.1, 0.15) is 27.0 Å². The van der Waals surface area contributed by atoms with E-state index in [1.807, 2.05) is 97.1 Å². The summed E-state index contributed by atoms with van der Waals surface area (Å²) in [5.41, 5.74) is 5.31. The second-order valence-corrected chi connectivity index (χ2v) is 10.6. The van der Waals surface area contributed by atoms with E-state index in [0.29, 0.717) is 28.7 Å². The largest absolute Gasteiger partial charge is 0.465 e. The van der Waals surface area contributed by atoms with Crippen LogP contribution in [0.5, 0.6) is 0 Å². The van der Waals surface area contributed by atoms with Crippen molar-refractivity contribution in [2.45, 2.75) is 13.1 Å². The minimum Gasteiger partial charge on any atom is -0.465 e. The molecule has 7 heteroatoms. The summed E-state index contributed by atoms with van der Waals surface area (Å²) in [7, 11) is 1.38. The van der Waals surface area contributed by atoms with E-state index in [4.69, 9.17) is 9.73 Å². The lowest BCUT2D eigenvalue weighted by atomic mass is 10.1. The lowest BCUT2D eigenvalue weighted by Gasteiger charge is -2.15. The minimum atomic E-state index is -0.362. The SMILES string of the molecule is COC(=O)c1cccc(Cn2cc(/C=C3\SC(=Nc4ccccc4)N(Cc4ccccc4)C3=O)c3ccccc32)c1. The molecule has 1 saturated heterocycles. The zero-order chi connectivity index (χ0) is 28.2. The van der Waals surface area contributed by atoms with Gasteiger partial charge in [-0.3, -0.25) is 9.69 Å². The molecule has 0 saturated carbocycles. The first-order chi connectivity index (χ1) is 20.1. The number of hydrogen-bond donors (Lipinski definition) is 0. The Kier molecular flexibility index (Phi) is 7.52. The van der Waals surface area contributed by atoms with Crippen LogP contribution in [0.15, 0.2) is 125 Å². The first-order valence-electron chi connectivity index (χ1n) is 13.2. The molecule has 0 radical (unpaired) electrons. The van der Waals surface area contributed by atoms with Crippen LogP contribution in [0, 0.1) is 0 Å². The number of esters is 1. The van der Waals surface area contributed by atoms with Gasteiger partial charge in [0.1, 0.15) is 0 Å². The van der Waals surface area contributed by atoms with Crippen LogP contribution in [-0.2, 0) is 22.6 Å². The third-order valence-electron chi connectivity index (χ3n) is 6.86. The van der Waals surface area contributed by atoms with Gasteiger partial charge in [0.2, 0.25) is 0 Å². The van der Waals surface area contributed by atoms with Crippen LogP contribution in [0.4, 0.5) is 5.69 Å². The van der Waals surface area contributed by atoms with Crippen molar-refractivity contribution in [1.29, 1.82) is 0 Å². The third-order valence-corrected chi connectivity index (χ3v) is 7.87. The molecule has 5 aromatic rings. The summed E-state index contributed by atoms with van der Waals surface area (Å²) < 4.78 is 7.03. The Balaban J connectivity index is 1.36. The molecule has 6 rings (SSSR count). The van der Waals surface area contributed by atoms with E-state index in [1.165, 1.54) is 18.9 Å². The van der Waals surface area contributed by atoms with Gasteiger partial charge in [-0.15, -0.1) is 0 Å². The van der Waals surface area contributed by atoms with E-state index >= 15 is 0 Å². The van der Waals surface area contributed by atoms with Crippen LogP contribution in [0.2, 0.25) is 0 Å². The Labute approximate surface area is 242 Å². The quantitative estimate of drug-likeness (QED) is 0.156. The van der Waals surface area contributed by atoms with E-state index in [-0.39, 0.29) is 11.9 Å². The van der Waals surface area contributed by atoms with Gasteiger partial charge in [-0.2, -0.15) is 0 Å². The number of carbonyl (C=O) groups is 2. The summed E-state index contributed by atoms with van der Waals surface area (Å²) in [4.78, 5) is 33.0. The molecule has 1 aliphatic heterocycles. The van der Waals surface area contributed by atoms with Crippen LogP contribution >= 0.6 is 11.8 Å². The molecular weight excluding hydrogens is 530 g/mol. The van der Waals surface area contributed by atoms with Gasteiger partial charge in [0, 0.05) is 29.2 Å². The number of aromatic nitrogens is 1. The molecule has 41 heavy (non-hydrogen) atoms. The third kappa shape index (κ3) is 5.71. The highest BCUT2D eigenvalue weighted by molar-refractivity contribution is 8.18. The molecule has 0 bridgehead atoms. The summed E-state index contributed by atoms with van der Waals surface area (Å²) in [6, 6.07) is 35.2. The van der Waals surface area contributed by atoms with Crippen molar-refractivity contribution in [1.82, 2.24) is 9.47 Å². The average molecular weight is 558 g/mol. The molecular formula is C34H27N3O3S. The fourth-order valence-corrected chi connectivity index (χ4v) is 5.87. The molecule has 1 aromatic heterocycles. The smallest absolute Gasteiger partial charge is 0.337 e. The maximum Gasteiger partial charge on any atom is 0.337 e. The molecule has 6 nitrogen and oxygen atoms in total. The van der Waals surface area contributed by atoms with Gasteiger partial charge in [0.15, 0.2) is 5.17 Å². The van der Waals surface area contributed by atoms with Crippen molar-refractivity contribution in [3.63, 3.8) is 0 Å². The first-order valence-corrected chi connectivity index (χ1v) is 14.0. The lowest BCUT2D eigenvalue weighted by molar-refractivity contribution is -0.122. The summed E-state index contributed by atoms with van der Waals surface area (Å²) >= 11 is 1.39. The van der Waals surface area contributed by atoms with E-state index in [2.05, 4.69) is 22.9 Å². The highest BCUT2D eigenvalue weighted by Crippen LogP contribution is 2.36. The van der Waals surface area contributed by atoms with Gasteiger partial charge in [0.25, 0.3) is 5.91 Å². The number of methoxy groups -OCH3 is 1. The van der Waals surface area contributed by atoms with Gasteiger partial charge in [0.05, 0.1) is 29.8 Å². The number of amidine groups is 1. The van der Waals surface area contributed by atoms with Crippen molar-refractivity contribution >= 4 is 51.5 Å². The monoisotopic (exact) mass is 557 g/mol. The second kappa shape index (κ2) is 11.7. The Morgan fingerprint density at radius 2 is 1.56 bits per heavy atom. The lowest BCUT2D eigenvalue weighted by Crippen LogP contribution is -2.28. The fraction of sp³-hybridized carbons (Fsp3) is 0.0882. The van der Waals surface area contributed by atoms with Crippen molar-refractivity contribution in [3.8, 4) is 0 Å². The molecule has 0 unspecified atom stereocenters. The number of benzene rings is 4. The van der Waals surface area contributed by atoms with Gasteiger partial charge >= 0.3 is 5.97 Å². The van der Waals surface area contributed by atoms with E-state index in [9.17, 15) is 9.59 Å². The molecule has 202 valence electrons. The summed E-state index contributed by atoms with van der Waals surface area (Å²) in [6.45, 7) is 1.00. The highest BCUT2D eigenvalue weighted by atomic mass is 32.2. The van der Waals surface area contributed by atoms with Gasteiger partial charge in [-0.1, -0.05) is 78.9 Å². The number of para-hydroxylation sites is 2. The molecule has 2 heterocycles. The molecule has 4 aromatic carbocycles. The zero-order valence-electron chi connectivity index (χ0n) is 22.4. The van der Waals surface area contributed by atoms with Crippen LogP contribution in [0.25, 0.3) is 17.0 Å². The summed E-state index contributed by atoms with van der Waals surface area (Å²) in [5, 5.41) is 1.69. The molecule has 1 aliphatic rings.